The average molecular weight is 498 g/mol. The van der Waals surface area contributed by atoms with Crippen molar-refractivity contribution < 1.29 is 9.53 Å². The summed E-state index contributed by atoms with van der Waals surface area (Å²) in [4.78, 5) is 34.6. The van der Waals surface area contributed by atoms with Gasteiger partial charge in [0.2, 0.25) is 5.95 Å². The number of rotatable bonds is 7. The SMILES string of the molecule is COc1ccccc1C(=O)Nc1cc(-c2cccs2)nn1-c1nc(C)c(Cc2ccccc2)c(=O)[nH]1. The first-order valence-corrected chi connectivity index (χ1v) is 12.1. The molecule has 8 nitrogen and oxygen atoms in total. The number of anilines is 1. The zero-order valence-electron chi connectivity index (χ0n) is 19.7. The van der Waals surface area contributed by atoms with E-state index in [0.29, 0.717) is 40.5 Å². The molecule has 0 aliphatic carbocycles. The van der Waals surface area contributed by atoms with E-state index in [2.05, 4.69) is 20.4 Å². The van der Waals surface area contributed by atoms with Gasteiger partial charge in [-0.1, -0.05) is 48.5 Å². The molecule has 0 saturated carbocycles. The molecule has 36 heavy (non-hydrogen) atoms. The fourth-order valence-electron chi connectivity index (χ4n) is 3.90. The number of hydrogen-bond donors (Lipinski definition) is 2. The second-order valence-corrected chi connectivity index (χ2v) is 9.02. The Bertz CT molecular complexity index is 1570. The summed E-state index contributed by atoms with van der Waals surface area (Å²) in [5.74, 6) is 0.665. The van der Waals surface area contributed by atoms with Gasteiger partial charge in [-0.25, -0.2) is 4.98 Å². The monoisotopic (exact) mass is 497 g/mol. The lowest BCUT2D eigenvalue weighted by atomic mass is 10.1. The molecule has 0 radical (unpaired) electrons. The molecule has 0 aliphatic heterocycles. The number of aromatic nitrogens is 4. The van der Waals surface area contributed by atoms with Crippen LogP contribution in [0.5, 0.6) is 5.75 Å². The van der Waals surface area contributed by atoms with E-state index < -0.39 is 0 Å². The number of amides is 1. The second kappa shape index (κ2) is 10.0. The van der Waals surface area contributed by atoms with Crippen LogP contribution in [0.2, 0.25) is 0 Å². The third kappa shape index (κ3) is 4.69. The largest absolute Gasteiger partial charge is 0.496 e. The van der Waals surface area contributed by atoms with Gasteiger partial charge in [0.15, 0.2) is 0 Å². The van der Waals surface area contributed by atoms with Crippen LogP contribution >= 0.6 is 11.3 Å². The van der Waals surface area contributed by atoms with E-state index in [1.165, 1.54) is 23.1 Å². The number of carbonyl (C=O) groups excluding carboxylic acids is 1. The van der Waals surface area contributed by atoms with Crippen molar-refractivity contribution >= 4 is 23.1 Å². The van der Waals surface area contributed by atoms with Crippen LogP contribution in [0.15, 0.2) is 83.0 Å². The summed E-state index contributed by atoms with van der Waals surface area (Å²) in [7, 11) is 1.51. The van der Waals surface area contributed by atoms with Crippen LogP contribution in [0.4, 0.5) is 5.82 Å². The number of methoxy groups -OCH3 is 1. The number of ether oxygens (including phenoxy) is 1. The molecule has 0 fully saturated rings. The maximum absolute atomic E-state index is 13.1. The Kier molecular flexibility index (Phi) is 6.46. The van der Waals surface area contributed by atoms with Gasteiger partial charge in [0.05, 0.1) is 23.2 Å². The van der Waals surface area contributed by atoms with E-state index in [4.69, 9.17) is 4.74 Å². The Labute approximate surface area is 211 Å². The Hall–Kier alpha value is -4.50. The number of aryl methyl sites for hydroxylation is 1. The van der Waals surface area contributed by atoms with Gasteiger partial charge in [0, 0.05) is 18.1 Å². The molecule has 180 valence electrons. The zero-order valence-corrected chi connectivity index (χ0v) is 20.5. The first kappa shape index (κ1) is 23.3. The summed E-state index contributed by atoms with van der Waals surface area (Å²) >= 11 is 1.52. The van der Waals surface area contributed by atoms with Crippen LogP contribution in [0, 0.1) is 6.92 Å². The lowest BCUT2D eigenvalue weighted by Crippen LogP contribution is -2.22. The van der Waals surface area contributed by atoms with Crippen molar-refractivity contribution in [3.63, 3.8) is 0 Å². The van der Waals surface area contributed by atoms with Crippen molar-refractivity contribution in [3.05, 3.63) is 111 Å². The highest BCUT2D eigenvalue weighted by atomic mass is 32.1. The van der Waals surface area contributed by atoms with Crippen molar-refractivity contribution in [2.75, 3.05) is 12.4 Å². The molecule has 0 spiro atoms. The molecule has 2 N–H and O–H groups in total. The van der Waals surface area contributed by atoms with Crippen molar-refractivity contribution in [2.45, 2.75) is 13.3 Å². The van der Waals surface area contributed by atoms with Crippen LogP contribution in [-0.2, 0) is 6.42 Å². The van der Waals surface area contributed by atoms with Crippen LogP contribution in [0.1, 0.15) is 27.2 Å². The molecule has 3 aromatic heterocycles. The summed E-state index contributed by atoms with van der Waals surface area (Å²) in [6.45, 7) is 1.80. The smallest absolute Gasteiger partial charge is 0.260 e. The molecule has 5 rings (SSSR count). The summed E-state index contributed by atoms with van der Waals surface area (Å²) in [6.07, 6.45) is 0.465. The number of aromatic amines is 1. The van der Waals surface area contributed by atoms with Gasteiger partial charge in [0.1, 0.15) is 17.3 Å². The van der Waals surface area contributed by atoms with Crippen molar-refractivity contribution in [1.82, 2.24) is 19.7 Å². The molecular formula is C27H23N5O3S. The minimum absolute atomic E-state index is 0.215. The fourth-order valence-corrected chi connectivity index (χ4v) is 4.58. The predicted molar refractivity (Wildman–Crippen MR) is 140 cm³/mol. The Morgan fingerprint density at radius 2 is 1.86 bits per heavy atom. The number of benzene rings is 2. The van der Waals surface area contributed by atoms with E-state index in [9.17, 15) is 9.59 Å². The van der Waals surface area contributed by atoms with Crippen molar-refractivity contribution in [3.8, 4) is 22.3 Å². The molecule has 0 unspecified atom stereocenters. The molecule has 9 heteroatoms. The lowest BCUT2D eigenvalue weighted by molar-refractivity contribution is 0.102. The van der Waals surface area contributed by atoms with Crippen LogP contribution in [-0.4, -0.2) is 32.8 Å². The molecule has 3 heterocycles. The number of nitrogens with one attached hydrogen (secondary N) is 2. The molecule has 0 aliphatic rings. The minimum atomic E-state index is -0.369. The molecule has 2 aromatic carbocycles. The summed E-state index contributed by atoms with van der Waals surface area (Å²) in [5.41, 5.74) is 2.96. The molecule has 0 atom stereocenters. The number of carbonyl (C=O) groups is 1. The lowest BCUT2D eigenvalue weighted by Gasteiger charge is -2.12. The van der Waals surface area contributed by atoms with E-state index >= 15 is 0 Å². The number of H-pyrrole nitrogens is 1. The first-order chi connectivity index (χ1) is 17.5. The second-order valence-electron chi connectivity index (χ2n) is 8.07. The quantitative estimate of drug-likeness (QED) is 0.335. The standard InChI is InChI=1S/C27H23N5O3S/c1-17-20(15-18-9-4-3-5-10-18)26(34)30-27(28-17)32-24(16-21(31-32)23-13-8-14-36-23)29-25(33)19-11-6-7-12-22(19)35-2/h3-14,16H,15H2,1-2H3,(H,29,33)(H,28,30,34). The number of para-hydroxylation sites is 1. The molecule has 5 aromatic rings. The van der Waals surface area contributed by atoms with Gasteiger partial charge >= 0.3 is 0 Å². The molecule has 0 bridgehead atoms. The first-order valence-electron chi connectivity index (χ1n) is 11.3. The zero-order chi connectivity index (χ0) is 25.1. The minimum Gasteiger partial charge on any atom is -0.496 e. The van der Waals surface area contributed by atoms with Gasteiger partial charge in [-0.05, 0) is 36.1 Å². The van der Waals surface area contributed by atoms with Gasteiger partial charge in [-0.2, -0.15) is 9.78 Å². The molecule has 0 saturated heterocycles. The summed E-state index contributed by atoms with van der Waals surface area (Å²) < 4.78 is 6.78. The number of nitrogens with zero attached hydrogens (tertiary/aromatic N) is 3. The topological polar surface area (TPSA) is 102 Å². The van der Waals surface area contributed by atoms with E-state index in [1.54, 1.807) is 37.3 Å². The van der Waals surface area contributed by atoms with Crippen molar-refractivity contribution in [1.29, 1.82) is 0 Å². The predicted octanol–water partition coefficient (Wildman–Crippen LogP) is 4.84. The summed E-state index contributed by atoms with van der Waals surface area (Å²) in [5, 5.41) is 9.50. The Morgan fingerprint density at radius 3 is 2.58 bits per heavy atom. The van der Waals surface area contributed by atoms with Crippen LogP contribution in [0.3, 0.4) is 0 Å². The number of thiophene rings is 1. The van der Waals surface area contributed by atoms with Gasteiger partial charge < -0.3 is 10.1 Å². The number of hydrogen-bond acceptors (Lipinski definition) is 6. The van der Waals surface area contributed by atoms with Gasteiger partial charge in [-0.3, -0.25) is 14.6 Å². The van der Waals surface area contributed by atoms with E-state index in [1.807, 2.05) is 47.8 Å². The Balaban J connectivity index is 1.55. The van der Waals surface area contributed by atoms with Crippen LogP contribution < -0.4 is 15.6 Å². The third-order valence-corrected chi connectivity index (χ3v) is 6.60. The highest BCUT2D eigenvalue weighted by Crippen LogP contribution is 2.28. The van der Waals surface area contributed by atoms with E-state index in [-0.39, 0.29) is 17.4 Å². The normalized spacial score (nSPS) is 10.8. The van der Waals surface area contributed by atoms with E-state index in [0.717, 1.165) is 10.4 Å². The maximum Gasteiger partial charge on any atom is 0.260 e. The Morgan fingerprint density at radius 1 is 1.08 bits per heavy atom. The van der Waals surface area contributed by atoms with Gasteiger partial charge in [-0.15, -0.1) is 11.3 Å². The maximum atomic E-state index is 13.1. The third-order valence-electron chi connectivity index (χ3n) is 5.71. The highest BCUT2D eigenvalue weighted by Gasteiger charge is 2.20. The fraction of sp³-hybridized carbons (Fsp3) is 0.111. The van der Waals surface area contributed by atoms with Crippen LogP contribution in [0.25, 0.3) is 16.5 Å². The highest BCUT2D eigenvalue weighted by molar-refractivity contribution is 7.13. The van der Waals surface area contributed by atoms with Gasteiger partial charge in [0.25, 0.3) is 11.5 Å². The molecular weight excluding hydrogens is 474 g/mol. The summed E-state index contributed by atoms with van der Waals surface area (Å²) in [6, 6.07) is 22.3. The molecule has 1 amide bonds. The van der Waals surface area contributed by atoms with Crippen molar-refractivity contribution in [2.24, 2.45) is 0 Å². The average Bonchev–Trinajstić information content (AvgIpc) is 3.57.